The van der Waals surface area contributed by atoms with Crippen LogP contribution in [0.15, 0.2) is 61.8 Å². The maximum absolute atomic E-state index is 4.30. The molecule has 266 valence electrons. The minimum Gasteiger partial charge on any atom is -0.384 e. The van der Waals surface area contributed by atoms with Crippen molar-refractivity contribution in [3.8, 4) is 12.8 Å². The van der Waals surface area contributed by atoms with Gasteiger partial charge in [0, 0.05) is 49.8 Å². The second-order valence-electron chi connectivity index (χ2n) is 12.9. The zero-order chi connectivity index (χ0) is 37.0. The highest BCUT2D eigenvalue weighted by atomic mass is 15.1. The fourth-order valence-corrected chi connectivity index (χ4v) is 5.13. The molecule has 47 heavy (non-hydrogen) atoms. The molecule has 0 fully saturated rings. The molecule has 0 aliphatic carbocycles. The fourth-order valence-electron chi connectivity index (χ4n) is 5.13. The molecule has 0 spiro atoms. The first-order chi connectivity index (χ1) is 22.3. The molecule has 0 amide bonds. The Hall–Kier alpha value is -3.38. The summed E-state index contributed by atoms with van der Waals surface area (Å²) in [5.41, 5.74) is 6.29. The highest BCUT2D eigenvalue weighted by Crippen LogP contribution is 2.20. The molecule has 0 aliphatic rings. The predicted octanol–water partition coefficient (Wildman–Crippen LogP) is 10.9. The van der Waals surface area contributed by atoms with Crippen LogP contribution in [-0.2, 0) is 0 Å². The number of anilines is 2. The van der Waals surface area contributed by atoms with Crippen LogP contribution in [0.4, 0.5) is 11.4 Å². The minimum absolute atomic E-state index is 0.118. The maximum atomic E-state index is 4.30. The molecule has 0 saturated heterocycles. The van der Waals surface area contributed by atoms with Gasteiger partial charge in [-0.05, 0) is 104 Å². The van der Waals surface area contributed by atoms with Gasteiger partial charge in [0.05, 0.1) is 0 Å². The number of rotatable bonds is 16. The number of aryl methyl sites for hydroxylation is 1. The zero-order valence-corrected chi connectivity index (χ0v) is 33.1. The summed E-state index contributed by atoms with van der Waals surface area (Å²) in [6.07, 6.45) is 19.8. The predicted molar refractivity (Wildman–Crippen MR) is 220 cm³/mol. The van der Waals surface area contributed by atoms with E-state index in [0.717, 1.165) is 49.2 Å². The lowest BCUT2D eigenvalue weighted by atomic mass is 9.98. The van der Waals surface area contributed by atoms with Crippen LogP contribution in [0.5, 0.6) is 0 Å². The number of benzene rings is 2. The van der Waals surface area contributed by atoms with E-state index in [0.29, 0.717) is 0 Å². The molecular weight excluding hydrogens is 571 g/mol. The Morgan fingerprint density at radius 3 is 1.89 bits per heavy atom. The third kappa shape index (κ3) is 21.9. The lowest BCUT2D eigenvalue weighted by molar-refractivity contribution is 0.386. The smallest absolute Gasteiger partial charge is 0.0370 e. The number of hydrogen-bond acceptors (Lipinski definition) is 3. The van der Waals surface area contributed by atoms with Gasteiger partial charge in [-0.3, -0.25) is 0 Å². The molecule has 3 heteroatoms. The van der Waals surface area contributed by atoms with Crippen LogP contribution in [0.1, 0.15) is 125 Å². The van der Waals surface area contributed by atoms with Crippen LogP contribution < -0.4 is 25.6 Å². The van der Waals surface area contributed by atoms with Crippen LogP contribution in [0.25, 0.3) is 12.7 Å². The Bertz CT molecular complexity index is 1200. The fraction of sp³-hybridized carbons (Fsp3) is 0.545. The van der Waals surface area contributed by atoms with Crippen LogP contribution in [0.3, 0.4) is 0 Å². The first kappa shape index (κ1) is 48.0. The number of nitrogens with zero attached hydrogens (tertiary/aromatic N) is 2. The van der Waals surface area contributed by atoms with Crippen LogP contribution >= 0.6 is 0 Å². The van der Waals surface area contributed by atoms with E-state index in [-0.39, 0.29) is 5.54 Å². The summed E-state index contributed by atoms with van der Waals surface area (Å²) in [4.78, 5) is 4.69. The Morgan fingerprint density at radius 1 is 0.872 bits per heavy atom. The second kappa shape index (κ2) is 28.8. The van der Waals surface area contributed by atoms with Gasteiger partial charge < -0.3 is 15.1 Å². The molecule has 0 aliphatic heterocycles. The van der Waals surface area contributed by atoms with Gasteiger partial charge in [-0.2, -0.15) is 0 Å². The molecule has 0 heterocycles. The molecule has 0 saturated carbocycles. The van der Waals surface area contributed by atoms with Gasteiger partial charge in [-0.15, -0.1) is 26.0 Å². The zero-order valence-electron chi connectivity index (χ0n) is 33.1. The average molecular weight is 646 g/mol. The molecule has 0 bridgehead atoms. The number of terminal acetylenes is 1. The number of nitrogens with one attached hydrogen (secondary N) is 1. The summed E-state index contributed by atoms with van der Waals surface area (Å²) in [7, 11) is 4.36. The summed E-state index contributed by atoms with van der Waals surface area (Å²) < 4.78 is 0. The minimum atomic E-state index is 0.118. The lowest BCUT2D eigenvalue weighted by Gasteiger charge is -2.28. The summed E-state index contributed by atoms with van der Waals surface area (Å²) >= 11 is 0. The Kier molecular flexibility index (Phi) is 29.4. The van der Waals surface area contributed by atoms with E-state index < -0.39 is 0 Å². The van der Waals surface area contributed by atoms with Crippen molar-refractivity contribution >= 4 is 24.0 Å². The van der Waals surface area contributed by atoms with Gasteiger partial charge in [0.25, 0.3) is 0 Å². The van der Waals surface area contributed by atoms with Gasteiger partial charge in [0.2, 0.25) is 0 Å². The van der Waals surface area contributed by atoms with Crippen molar-refractivity contribution in [1.29, 1.82) is 0 Å². The van der Waals surface area contributed by atoms with Crippen molar-refractivity contribution < 1.29 is 0 Å². The number of unbranched alkanes of at least 4 members (excludes halogenated alkanes) is 1. The summed E-state index contributed by atoms with van der Waals surface area (Å²) in [6.45, 7) is 38.5. The first-order valence-electron chi connectivity index (χ1n) is 18.0. The van der Waals surface area contributed by atoms with Crippen molar-refractivity contribution in [2.45, 2.75) is 126 Å². The summed E-state index contributed by atoms with van der Waals surface area (Å²) in [5.74, 6) is 0.898. The second-order valence-corrected chi connectivity index (χ2v) is 12.9. The summed E-state index contributed by atoms with van der Waals surface area (Å²) in [6, 6.07) is 13.3. The summed E-state index contributed by atoms with van der Waals surface area (Å²) in [5, 5.41) is 5.85. The Labute approximate surface area is 294 Å². The van der Waals surface area contributed by atoms with E-state index in [4.69, 9.17) is 0 Å². The third-order valence-electron chi connectivity index (χ3n) is 7.66. The van der Waals surface area contributed by atoms with E-state index >= 15 is 0 Å². The topological polar surface area (TPSA) is 18.5 Å². The molecule has 0 atom stereocenters. The molecule has 0 unspecified atom stereocenters. The standard InChI is InChI=1S/C32H49N3.C6H14.C2H6.C2H4.C2H2/c1-10-12-20-34(8)30-17-15-25(3)28(23-30)22-29-24-31(18-16-26(29)4)35(9)21-13-14-27(5)33-32(6,7)19-11-2;1-4-5-6(2)3;3*1-2/h15-18,22-24,33H,4-5,10-14,19-21H2,1-3,6-9H3;6H,4-5H2,1-3H3;1-2H3;1-2H2;1-2H/b29-22-;;;;. The van der Waals surface area contributed by atoms with Gasteiger partial charge in [0.15, 0.2) is 0 Å². The van der Waals surface area contributed by atoms with Crippen LogP contribution in [0, 0.1) is 25.7 Å². The molecular formula is C44H75N3. The third-order valence-corrected chi connectivity index (χ3v) is 7.66. The van der Waals surface area contributed by atoms with E-state index in [9.17, 15) is 0 Å². The highest BCUT2D eigenvalue weighted by molar-refractivity contribution is 5.62. The van der Waals surface area contributed by atoms with Crippen molar-refractivity contribution in [3.05, 3.63) is 83.4 Å². The Balaban J connectivity index is -0.00000140. The highest BCUT2D eigenvalue weighted by Gasteiger charge is 2.16. The van der Waals surface area contributed by atoms with Crippen molar-refractivity contribution in [2.75, 3.05) is 37.0 Å². The molecule has 2 aromatic carbocycles. The van der Waals surface area contributed by atoms with Gasteiger partial charge >= 0.3 is 0 Å². The van der Waals surface area contributed by atoms with E-state index in [2.05, 4.69) is 166 Å². The molecule has 0 radical (unpaired) electrons. The van der Waals surface area contributed by atoms with Gasteiger partial charge in [-0.25, -0.2) is 0 Å². The maximum Gasteiger partial charge on any atom is 0.0370 e. The lowest BCUT2D eigenvalue weighted by Crippen LogP contribution is -2.38. The largest absolute Gasteiger partial charge is 0.384 e. The SMILES string of the molecule is C#C.C=C.C=C(CCCN(C)c1ccc(=C)/c(=C\c2cc(N(C)CCCC)ccc2C)c1)NC(C)(C)CCC.CC.CCCC(C)C. The van der Waals surface area contributed by atoms with Crippen LogP contribution in [-0.4, -0.2) is 32.7 Å². The van der Waals surface area contributed by atoms with Crippen molar-refractivity contribution in [3.63, 3.8) is 0 Å². The normalized spacial score (nSPS) is 10.5. The first-order valence-corrected chi connectivity index (χ1v) is 18.0. The van der Waals surface area contributed by atoms with Gasteiger partial charge in [-0.1, -0.05) is 99.4 Å². The molecule has 2 rings (SSSR count). The molecule has 1 N–H and O–H groups in total. The van der Waals surface area contributed by atoms with Crippen molar-refractivity contribution in [1.82, 2.24) is 5.32 Å². The van der Waals surface area contributed by atoms with Crippen molar-refractivity contribution in [2.24, 2.45) is 5.92 Å². The monoisotopic (exact) mass is 646 g/mol. The molecule has 0 aromatic heterocycles. The molecule has 3 nitrogen and oxygen atoms in total. The number of allylic oxidation sites excluding steroid dienone is 1. The van der Waals surface area contributed by atoms with E-state index in [1.54, 1.807) is 0 Å². The molecule has 2 aromatic rings. The average Bonchev–Trinajstić information content (AvgIpc) is 3.04. The van der Waals surface area contributed by atoms with Crippen LogP contribution in [0.2, 0.25) is 0 Å². The van der Waals surface area contributed by atoms with E-state index in [1.165, 1.54) is 59.8 Å². The van der Waals surface area contributed by atoms with Gasteiger partial charge in [0.1, 0.15) is 0 Å². The quantitative estimate of drug-likeness (QED) is 0.145. The number of hydrogen-bond donors (Lipinski definition) is 1. The van der Waals surface area contributed by atoms with E-state index in [1.807, 2.05) is 13.8 Å². The Morgan fingerprint density at radius 2 is 1.40 bits per heavy atom.